The van der Waals surface area contributed by atoms with Crippen molar-refractivity contribution in [1.29, 1.82) is 0 Å². The molecule has 3 aromatic rings. The largest absolute Gasteiger partial charge is 0.474 e. The number of halogens is 1. The Bertz CT molecular complexity index is 1380. The second-order valence-corrected chi connectivity index (χ2v) is 10.1. The Balaban J connectivity index is 1.59. The van der Waals surface area contributed by atoms with Crippen LogP contribution in [0.25, 0.3) is 21.9 Å². The maximum atomic E-state index is 15.3. The first kappa shape index (κ1) is 23.8. The van der Waals surface area contributed by atoms with Crippen LogP contribution in [-0.4, -0.2) is 46.9 Å². The molecule has 2 N–H and O–H groups in total. The fourth-order valence-corrected chi connectivity index (χ4v) is 4.41. The van der Waals surface area contributed by atoms with Gasteiger partial charge in [0.2, 0.25) is 5.88 Å². The van der Waals surface area contributed by atoms with E-state index >= 15 is 4.39 Å². The van der Waals surface area contributed by atoms with E-state index in [1.165, 1.54) is 22.1 Å². The lowest BCUT2D eigenvalue weighted by molar-refractivity contribution is 0.0566. The van der Waals surface area contributed by atoms with Gasteiger partial charge in [-0.15, -0.1) is 0 Å². The molecular formula is C26H28FN5O4. The predicted molar refractivity (Wildman–Crippen MR) is 134 cm³/mol. The van der Waals surface area contributed by atoms with Crippen LogP contribution < -0.4 is 20.3 Å². The number of amides is 3. The second-order valence-electron chi connectivity index (χ2n) is 10.1. The van der Waals surface area contributed by atoms with Gasteiger partial charge in [0.05, 0.1) is 6.54 Å². The van der Waals surface area contributed by atoms with Crippen LogP contribution in [0.1, 0.15) is 39.2 Å². The van der Waals surface area contributed by atoms with Crippen molar-refractivity contribution >= 4 is 34.4 Å². The van der Waals surface area contributed by atoms with Crippen molar-refractivity contribution < 1.29 is 23.5 Å². The minimum absolute atomic E-state index is 0.0401. The number of hydrogen-bond acceptors (Lipinski definition) is 6. The van der Waals surface area contributed by atoms with Crippen molar-refractivity contribution in [3.05, 3.63) is 42.0 Å². The summed E-state index contributed by atoms with van der Waals surface area (Å²) in [6.07, 6.45) is 4.29. The standard InChI is InChI=1S/C26H28FN5O4/c1-14-19(13-30-23-22(14)31(7-8-35-23)25(34)36-26(2,3)4)18-9-15-11-21(29-12-16(15)10-20(18)27)32(24(28)33)17-5-6-17/h9-13,17H,5-8H2,1-4H3,(H2,28,33). The lowest BCUT2D eigenvalue weighted by Gasteiger charge is -2.32. The summed E-state index contributed by atoms with van der Waals surface area (Å²) in [5, 5.41) is 1.28. The Morgan fingerprint density at radius 1 is 1.14 bits per heavy atom. The van der Waals surface area contributed by atoms with Crippen LogP contribution in [0.4, 0.5) is 25.5 Å². The molecule has 0 bridgehead atoms. The van der Waals surface area contributed by atoms with E-state index in [4.69, 9.17) is 15.2 Å². The molecule has 3 amide bonds. The van der Waals surface area contributed by atoms with Gasteiger partial charge < -0.3 is 15.2 Å². The van der Waals surface area contributed by atoms with Crippen molar-refractivity contribution in [2.24, 2.45) is 5.73 Å². The molecule has 9 nitrogen and oxygen atoms in total. The second kappa shape index (κ2) is 8.61. The number of hydrogen-bond donors (Lipinski definition) is 1. The quantitative estimate of drug-likeness (QED) is 0.554. The van der Waals surface area contributed by atoms with E-state index in [0.717, 1.165) is 12.8 Å². The smallest absolute Gasteiger partial charge is 0.415 e. The minimum Gasteiger partial charge on any atom is -0.474 e. The third-order valence-corrected chi connectivity index (χ3v) is 6.19. The lowest BCUT2D eigenvalue weighted by Crippen LogP contribution is -2.42. The molecule has 1 aliphatic heterocycles. The first-order chi connectivity index (χ1) is 17.0. The monoisotopic (exact) mass is 493 g/mol. The number of carbonyl (C=O) groups is 2. The number of rotatable bonds is 3. The number of ether oxygens (including phenoxy) is 2. The van der Waals surface area contributed by atoms with Gasteiger partial charge in [-0.05, 0) is 69.7 Å². The van der Waals surface area contributed by atoms with E-state index in [0.29, 0.717) is 44.8 Å². The molecule has 36 heavy (non-hydrogen) atoms. The third-order valence-electron chi connectivity index (χ3n) is 6.19. The van der Waals surface area contributed by atoms with Gasteiger partial charge in [0, 0.05) is 34.9 Å². The van der Waals surface area contributed by atoms with E-state index in [9.17, 15) is 9.59 Å². The summed E-state index contributed by atoms with van der Waals surface area (Å²) in [6, 6.07) is 4.30. The van der Waals surface area contributed by atoms with Crippen LogP contribution in [0.15, 0.2) is 30.6 Å². The molecule has 2 aliphatic rings. The minimum atomic E-state index is -0.677. The fourth-order valence-electron chi connectivity index (χ4n) is 4.41. The van der Waals surface area contributed by atoms with Gasteiger partial charge in [-0.25, -0.2) is 23.9 Å². The van der Waals surface area contributed by atoms with Gasteiger partial charge in [0.15, 0.2) is 0 Å². The molecule has 0 spiro atoms. The number of benzene rings is 1. The molecule has 0 unspecified atom stereocenters. The predicted octanol–water partition coefficient (Wildman–Crippen LogP) is 4.93. The first-order valence-corrected chi connectivity index (χ1v) is 11.8. The lowest BCUT2D eigenvalue weighted by atomic mass is 9.97. The SMILES string of the molecule is Cc1c(-c2cc3cc(N(C(N)=O)C4CC4)ncc3cc2F)cnc2c1N(C(=O)OC(C)(C)C)CCO2. The first-order valence-electron chi connectivity index (χ1n) is 11.8. The zero-order valence-corrected chi connectivity index (χ0v) is 20.7. The number of fused-ring (bicyclic) bond motifs is 2. The van der Waals surface area contributed by atoms with E-state index in [1.807, 2.05) is 0 Å². The summed E-state index contributed by atoms with van der Waals surface area (Å²) >= 11 is 0. The molecular weight excluding hydrogens is 465 g/mol. The molecule has 0 saturated heterocycles. The number of anilines is 2. The summed E-state index contributed by atoms with van der Waals surface area (Å²) in [6.45, 7) is 7.74. The molecule has 2 aromatic heterocycles. The number of nitrogens with zero attached hydrogens (tertiary/aromatic N) is 4. The van der Waals surface area contributed by atoms with Crippen LogP contribution in [0, 0.1) is 12.7 Å². The van der Waals surface area contributed by atoms with Gasteiger partial charge in [-0.1, -0.05) is 0 Å². The van der Waals surface area contributed by atoms with Crippen LogP contribution in [0.3, 0.4) is 0 Å². The molecule has 1 saturated carbocycles. The zero-order valence-electron chi connectivity index (χ0n) is 20.7. The van der Waals surface area contributed by atoms with E-state index in [1.54, 1.807) is 46.0 Å². The van der Waals surface area contributed by atoms with Crippen LogP contribution in [0.2, 0.25) is 0 Å². The van der Waals surface area contributed by atoms with Crippen molar-refractivity contribution in [2.45, 2.75) is 52.2 Å². The Morgan fingerprint density at radius 2 is 1.89 bits per heavy atom. The molecule has 1 aromatic carbocycles. The number of carbonyl (C=O) groups excluding carboxylic acids is 2. The Hall–Kier alpha value is -3.95. The molecule has 1 fully saturated rings. The topological polar surface area (TPSA) is 111 Å². The summed E-state index contributed by atoms with van der Waals surface area (Å²) in [5.41, 5.74) is 6.81. The molecule has 1 aliphatic carbocycles. The van der Waals surface area contributed by atoms with Crippen molar-refractivity contribution in [3.63, 3.8) is 0 Å². The third kappa shape index (κ3) is 4.38. The fraction of sp³-hybridized carbons (Fsp3) is 0.385. The van der Waals surface area contributed by atoms with Gasteiger partial charge >= 0.3 is 12.1 Å². The molecule has 3 heterocycles. The van der Waals surface area contributed by atoms with Crippen molar-refractivity contribution in [2.75, 3.05) is 23.0 Å². The number of primary amides is 1. The highest BCUT2D eigenvalue weighted by atomic mass is 19.1. The average molecular weight is 494 g/mol. The normalized spacial score (nSPS) is 15.3. The van der Waals surface area contributed by atoms with E-state index in [-0.39, 0.29) is 19.2 Å². The summed E-state index contributed by atoms with van der Waals surface area (Å²) < 4.78 is 26.6. The highest BCUT2D eigenvalue weighted by Crippen LogP contribution is 2.41. The number of nitrogens with two attached hydrogens (primary N) is 1. The zero-order chi connectivity index (χ0) is 25.8. The highest BCUT2D eigenvalue weighted by Gasteiger charge is 2.34. The molecule has 10 heteroatoms. The number of aromatic nitrogens is 2. The van der Waals surface area contributed by atoms with Gasteiger partial charge in [0.25, 0.3) is 0 Å². The Morgan fingerprint density at radius 3 is 2.56 bits per heavy atom. The van der Waals surface area contributed by atoms with E-state index in [2.05, 4.69) is 9.97 Å². The Kier molecular flexibility index (Phi) is 5.69. The summed E-state index contributed by atoms with van der Waals surface area (Å²) in [5.74, 6) is 0.263. The van der Waals surface area contributed by atoms with Crippen LogP contribution in [0.5, 0.6) is 5.88 Å². The summed E-state index contributed by atoms with van der Waals surface area (Å²) in [4.78, 5) is 36.6. The summed E-state index contributed by atoms with van der Waals surface area (Å²) in [7, 11) is 0. The maximum absolute atomic E-state index is 15.3. The molecule has 5 rings (SSSR count). The molecule has 188 valence electrons. The van der Waals surface area contributed by atoms with Gasteiger partial charge in [-0.3, -0.25) is 9.80 Å². The highest BCUT2D eigenvalue weighted by molar-refractivity contribution is 5.96. The molecule has 0 atom stereocenters. The van der Waals surface area contributed by atoms with Crippen LogP contribution in [-0.2, 0) is 4.74 Å². The van der Waals surface area contributed by atoms with Crippen molar-refractivity contribution in [3.8, 4) is 17.0 Å². The number of urea groups is 1. The van der Waals surface area contributed by atoms with Crippen LogP contribution >= 0.6 is 0 Å². The van der Waals surface area contributed by atoms with Gasteiger partial charge in [0.1, 0.15) is 29.5 Å². The average Bonchev–Trinajstić information content (AvgIpc) is 3.63. The van der Waals surface area contributed by atoms with Gasteiger partial charge in [-0.2, -0.15) is 0 Å². The molecule has 0 radical (unpaired) electrons. The number of pyridine rings is 2. The van der Waals surface area contributed by atoms with E-state index < -0.39 is 23.5 Å². The van der Waals surface area contributed by atoms with Crippen molar-refractivity contribution in [1.82, 2.24) is 9.97 Å². The maximum Gasteiger partial charge on any atom is 0.415 e. The Labute approximate surface area is 208 Å².